The highest BCUT2D eigenvalue weighted by Crippen LogP contribution is 2.32. The molecule has 1 N–H and O–H groups in total. The zero-order valence-corrected chi connectivity index (χ0v) is 15.9. The van der Waals surface area contributed by atoms with E-state index in [0.717, 1.165) is 31.8 Å². The lowest BCUT2D eigenvalue weighted by Gasteiger charge is -2.35. The lowest BCUT2D eigenvalue weighted by Crippen LogP contribution is -2.36. The van der Waals surface area contributed by atoms with E-state index in [1.165, 1.54) is 21.2 Å². The Bertz CT molecular complexity index is 926. The third kappa shape index (κ3) is 3.44. The van der Waals surface area contributed by atoms with Gasteiger partial charge in [0.1, 0.15) is 5.82 Å². The van der Waals surface area contributed by atoms with Crippen LogP contribution in [0.2, 0.25) is 0 Å². The molecule has 0 aliphatic carbocycles. The maximum atomic E-state index is 9.00. The van der Waals surface area contributed by atoms with Gasteiger partial charge in [-0.3, -0.25) is 4.90 Å². The maximum Gasteiger partial charge on any atom is 0.123 e. The lowest BCUT2D eigenvalue weighted by molar-refractivity contribution is 0.171. The molecule has 1 atom stereocenters. The molecule has 4 rings (SSSR count). The summed E-state index contributed by atoms with van der Waals surface area (Å²) in [6.45, 7) is 1.91. The number of fused-ring (bicyclic) bond motifs is 1. The number of rotatable bonds is 4. The number of aromatic nitrogens is 2. The maximum absolute atomic E-state index is 9.00. The number of hydrogen-bond acceptors (Lipinski definition) is 3. The molecule has 0 amide bonds. The van der Waals surface area contributed by atoms with Crippen LogP contribution >= 0.6 is 15.9 Å². The minimum Gasteiger partial charge on any atom is -0.347 e. The van der Waals surface area contributed by atoms with Gasteiger partial charge in [0.25, 0.3) is 0 Å². The summed E-state index contributed by atoms with van der Waals surface area (Å²) >= 11 is 3.68. The summed E-state index contributed by atoms with van der Waals surface area (Å²) in [6.07, 6.45) is 5.59. The molecule has 0 fully saturated rings. The van der Waals surface area contributed by atoms with Crippen LogP contribution in [0.25, 0.3) is 0 Å². The third-order valence-electron chi connectivity index (χ3n) is 5.03. The van der Waals surface area contributed by atoms with Crippen molar-refractivity contribution in [2.45, 2.75) is 25.4 Å². The van der Waals surface area contributed by atoms with E-state index in [1.807, 2.05) is 36.7 Å². The molecule has 2 aromatic carbocycles. The van der Waals surface area contributed by atoms with Crippen LogP contribution < -0.4 is 0 Å². The van der Waals surface area contributed by atoms with Crippen molar-refractivity contribution < 1.29 is 0 Å². The summed E-state index contributed by atoms with van der Waals surface area (Å²) in [7, 11) is 0. The van der Waals surface area contributed by atoms with Crippen molar-refractivity contribution in [1.82, 2.24) is 14.9 Å². The van der Waals surface area contributed by atoms with Crippen molar-refractivity contribution in [3.63, 3.8) is 0 Å². The van der Waals surface area contributed by atoms with Crippen LogP contribution in [0.3, 0.4) is 0 Å². The number of benzene rings is 2. The van der Waals surface area contributed by atoms with Crippen LogP contribution in [0.15, 0.2) is 59.3 Å². The molecular weight excluding hydrogens is 388 g/mol. The highest BCUT2D eigenvalue weighted by Gasteiger charge is 2.27. The molecule has 1 unspecified atom stereocenters. The summed E-state index contributed by atoms with van der Waals surface area (Å²) in [5.74, 6) is 0.993. The number of aromatic amines is 1. The zero-order chi connectivity index (χ0) is 17.9. The van der Waals surface area contributed by atoms with E-state index < -0.39 is 0 Å². The van der Waals surface area contributed by atoms with Crippen molar-refractivity contribution in [1.29, 1.82) is 5.26 Å². The predicted octanol–water partition coefficient (Wildman–Crippen LogP) is 4.39. The van der Waals surface area contributed by atoms with Gasteiger partial charge < -0.3 is 4.98 Å². The van der Waals surface area contributed by atoms with Gasteiger partial charge in [-0.05, 0) is 47.7 Å². The van der Waals surface area contributed by atoms with Crippen LogP contribution in [0.4, 0.5) is 0 Å². The number of nitriles is 1. The smallest absolute Gasteiger partial charge is 0.123 e. The molecule has 26 heavy (non-hydrogen) atoms. The second-order valence-electron chi connectivity index (χ2n) is 6.60. The fraction of sp³-hybridized carbons (Fsp3) is 0.238. The van der Waals surface area contributed by atoms with Gasteiger partial charge in [0.05, 0.1) is 17.7 Å². The van der Waals surface area contributed by atoms with Gasteiger partial charge >= 0.3 is 0 Å². The molecule has 0 bridgehead atoms. The second-order valence-corrected chi connectivity index (χ2v) is 7.46. The number of halogens is 1. The molecule has 1 aliphatic heterocycles. The molecule has 5 heteroatoms. The van der Waals surface area contributed by atoms with Crippen molar-refractivity contribution >= 4 is 15.9 Å². The first-order valence-corrected chi connectivity index (χ1v) is 9.52. The molecular formula is C21H19BrN4. The van der Waals surface area contributed by atoms with Crippen molar-refractivity contribution in [3.05, 3.63) is 87.4 Å². The monoisotopic (exact) mass is 406 g/mol. The molecule has 0 saturated carbocycles. The number of hydrogen-bond donors (Lipinski definition) is 1. The lowest BCUT2D eigenvalue weighted by atomic mass is 9.96. The fourth-order valence-corrected chi connectivity index (χ4v) is 4.25. The van der Waals surface area contributed by atoms with Crippen LogP contribution in [0.5, 0.6) is 0 Å². The first-order valence-electron chi connectivity index (χ1n) is 8.73. The predicted molar refractivity (Wildman–Crippen MR) is 104 cm³/mol. The van der Waals surface area contributed by atoms with Crippen molar-refractivity contribution in [2.75, 3.05) is 6.54 Å². The summed E-state index contributed by atoms with van der Waals surface area (Å²) in [6, 6.07) is 16.7. The highest BCUT2D eigenvalue weighted by molar-refractivity contribution is 9.10. The second kappa shape index (κ2) is 7.45. The van der Waals surface area contributed by atoms with E-state index in [4.69, 9.17) is 5.26 Å². The topological polar surface area (TPSA) is 55.7 Å². The molecule has 3 aromatic rings. The fourth-order valence-electron chi connectivity index (χ4n) is 3.65. The molecule has 1 aliphatic rings. The van der Waals surface area contributed by atoms with E-state index in [2.05, 4.69) is 55.1 Å². The van der Waals surface area contributed by atoms with Gasteiger partial charge in [0.2, 0.25) is 0 Å². The average Bonchev–Trinajstić information content (AvgIpc) is 3.21. The van der Waals surface area contributed by atoms with E-state index >= 15 is 0 Å². The van der Waals surface area contributed by atoms with Gasteiger partial charge in [-0.1, -0.05) is 40.2 Å². The normalized spacial score (nSPS) is 15.2. The number of imidazole rings is 1. The molecule has 0 saturated heterocycles. The van der Waals surface area contributed by atoms with E-state index in [1.54, 1.807) is 0 Å². The molecule has 130 valence electrons. The molecule has 1 aromatic heterocycles. The SMILES string of the molecule is N#Cc1ccc(CC(c2ncc[nH]2)N2CCc3c(Br)cccc3C2)cc1. The van der Waals surface area contributed by atoms with Crippen LogP contribution in [-0.4, -0.2) is 21.4 Å². The summed E-state index contributed by atoms with van der Waals surface area (Å²) < 4.78 is 1.20. The van der Waals surface area contributed by atoms with Crippen LogP contribution in [-0.2, 0) is 19.4 Å². The quantitative estimate of drug-likeness (QED) is 0.698. The van der Waals surface area contributed by atoms with Gasteiger partial charge in [-0.2, -0.15) is 5.26 Å². The van der Waals surface area contributed by atoms with Crippen LogP contribution in [0, 0.1) is 11.3 Å². The first kappa shape index (κ1) is 17.0. The van der Waals surface area contributed by atoms with Gasteiger partial charge in [0.15, 0.2) is 0 Å². The molecule has 0 spiro atoms. The summed E-state index contributed by atoms with van der Waals surface area (Å²) in [4.78, 5) is 10.3. The number of nitrogens with one attached hydrogen (secondary N) is 1. The Kier molecular flexibility index (Phi) is 4.87. The Morgan fingerprint density at radius 1 is 1.23 bits per heavy atom. The molecule has 2 heterocycles. The van der Waals surface area contributed by atoms with E-state index in [-0.39, 0.29) is 6.04 Å². The average molecular weight is 407 g/mol. The third-order valence-corrected chi connectivity index (χ3v) is 5.77. The largest absolute Gasteiger partial charge is 0.347 e. The number of nitrogens with zero attached hydrogens (tertiary/aromatic N) is 3. The standard InChI is InChI=1S/C21H19BrN4/c22-19-3-1-2-17-14-26(11-8-18(17)19)20(21-24-9-10-25-21)12-15-4-6-16(13-23)7-5-15/h1-7,9-10,20H,8,11-12,14H2,(H,24,25). The summed E-state index contributed by atoms with van der Waals surface area (Å²) in [5, 5.41) is 9.00. The van der Waals surface area contributed by atoms with E-state index in [9.17, 15) is 0 Å². The molecule has 4 nitrogen and oxygen atoms in total. The first-order chi connectivity index (χ1) is 12.7. The summed E-state index contributed by atoms with van der Waals surface area (Å²) in [5.41, 5.74) is 4.70. The Morgan fingerprint density at radius 3 is 2.81 bits per heavy atom. The Hall–Kier alpha value is -2.42. The Balaban J connectivity index is 1.61. The highest BCUT2D eigenvalue weighted by atomic mass is 79.9. The Morgan fingerprint density at radius 2 is 2.08 bits per heavy atom. The minimum atomic E-state index is 0.185. The van der Waals surface area contributed by atoms with Gasteiger partial charge in [-0.25, -0.2) is 4.98 Å². The van der Waals surface area contributed by atoms with Gasteiger partial charge in [0, 0.05) is 30.0 Å². The van der Waals surface area contributed by atoms with Crippen LogP contribution in [0.1, 0.15) is 34.1 Å². The van der Waals surface area contributed by atoms with Crippen molar-refractivity contribution in [3.8, 4) is 6.07 Å². The Labute approximate surface area is 161 Å². The molecule has 0 radical (unpaired) electrons. The number of H-pyrrole nitrogens is 1. The van der Waals surface area contributed by atoms with E-state index in [0.29, 0.717) is 5.56 Å². The zero-order valence-electron chi connectivity index (χ0n) is 14.3. The van der Waals surface area contributed by atoms with Gasteiger partial charge in [-0.15, -0.1) is 0 Å². The van der Waals surface area contributed by atoms with Crippen molar-refractivity contribution in [2.24, 2.45) is 0 Å². The minimum absolute atomic E-state index is 0.185.